The molecule has 0 radical (unpaired) electrons. The van der Waals surface area contributed by atoms with Gasteiger partial charge in [0.15, 0.2) is 0 Å². The average Bonchev–Trinajstić information content (AvgIpc) is 2.36. The van der Waals surface area contributed by atoms with E-state index in [-0.39, 0.29) is 5.91 Å². The molecule has 1 aliphatic heterocycles. The molecule has 1 rings (SSSR count). The first-order chi connectivity index (χ1) is 8.24. The molecule has 0 aromatic carbocycles. The standard InChI is InChI=1S/C14H28N2O/c1-3-4-5-6-9-14(17)16-12(2)13-8-7-10-15-11-13/h12-13,15H,3-11H2,1-2H3,(H,16,17). The van der Waals surface area contributed by atoms with Crippen LogP contribution in [0.1, 0.15) is 58.8 Å². The van der Waals surface area contributed by atoms with Gasteiger partial charge in [-0.1, -0.05) is 26.2 Å². The third kappa shape index (κ3) is 6.06. The normalized spacial score (nSPS) is 22.1. The number of carbonyl (C=O) groups is 1. The maximum atomic E-state index is 11.7. The number of piperidine rings is 1. The number of nitrogens with one attached hydrogen (secondary N) is 2. The number of hydrogen-bond acceptors (Lipinski definition) is 2. The van der Waals surface area contributed by atoms with Crippen LogP contribution in [0.15, 0.2) is 0 Å². The zero-order valence-corrected chi connectivity index (χ0v) is 11.4. The van der Waals surface area contributed by atoms with Crippen LogP contribution in [0.5, 0.6) is 0 Å². The Morgan fingerprint density at radius 3 is 2.88 bits per heavy atom. The maximum Gasteiger partial charge on any atom is 0.220 e. The molecule has 1 amide bonds. The summed E-state index contributed by atoms with van der Waals surface area (Å²) in [6.45, 7) is 6.52. The summed E-state index contributed by atoms with van der Waals surface area (Å²) in [6.07, 6.45) is 7.87. The predicted molar refractivity (Wildman–Crippen MR) is 72.0 cm³/mol. The Balaban J connectivity index is 2.11. The minimum atomic E-state index is 0.235. The lowest BCUT2D eigenvalue weighted by molar-refractivity contribution is -0.122. The molecule has 2 N–H and O–H groups in total. The number of unbranched alkanes of at least 4 members (excludes halogenated alkanes) is 3. The average molecular weight is 240 g/mol. The van der Waals surface area contributed by atoms with Crippen molar-refractivity contribution in [2.45, 2.75) is 64.8 Å². The second kappa shape index (κ2) is 8.51. The lowest BCUT2D eigenvalue weighted by Gasteiger charge is -2.28. The van der Waals surface area contributed by atoms with Crippen molar-refractivity contribution < 1.29 is 4.79 Å². The van der Waals surface area contributed by atoms with Crippen LogP contribution in [0.2, 0.25) is 0 Å². The monoisotopic (exact) mass is 240 g/mol. The molecule has 17 heavy (non-hydrogen) atoms. The van der Waals surface area contributed by atoms with Gasteiger partial charge >= 0.3 is 0 Å². The third-order valence-corrected chi connectivity index (χ3v) is 3.69. The van der Waals surface area contributed by atoms with E-state index in [9.17, 15) is 4.79 Å². The molecular formula is C14H28N2O. The van der Waals surface area contributed by atoms with Gasteiger partial charge in [0.1, 0.15) is 0 Å². The van der Waals surface area contributed by atoms with Crippen LogP contribution in [-0.2, 0) is 4.79 Å². The van der Waals surface area contributed by atoms with E-state index in [1.165, 1.54) is 32.1 Å². The van der Waals surface area contributed by atoms with Crippen molar-refractivity contribution in [2.75, 3.05) is 13.1 Å². The Labute approximate surface area is 106 Å². The van der Waals surface area contributed by atoms with Gasteiger partial charge in [-0.25, -0.2) is 0 Å². The Morgan fingerprint density at radius 1 is 1.41 bits per heavy atom. The zero-order chi connectivity index (χ0) is 12.5. The Hall–Kier alpha value is -0.570. The fraction of sp³-hybridized carbons (Fsp3) is 0.929. The smallest absolute Gasteiger partial charge is 0.220 e. The topological polar surface area (TPSA) is 41.1 Å². The van der Waals surface area contributed by atoms with Crippen LogP contribution in [0.4, 0.5) is 0 Å². The first kappa shape index (κ1) is 14.5. The summed E-state index contributed by atoms with van der Waals surface area (Å²) in [5, 5.41) is 6.55. The van der Waals surface area contributed by atoms with Crippen molar-refractivity contribution in [1.82, 2.24) is 10.6 Å². The summed E-state index contributed by atoms with van der Waals surface area (Å²) in [5.41, 5.74) is 0. The van der Waals surface area contributed by atoms with E-state index in [2.05, 4.69) is 24.5 Å². The highest BCUT2D eigenvalue weighted by Crippen LogP contribution is 2.14. The predicted octanol–water partition coefficient (Wildman–Crippen LogP) is 2.46. The summed E-state index contributed by atoms with van der Waals surface area (Å²) in [4.78, 5) is 11.7. The summed E-state index contributed by atoms with van der Waals surface area (Å²) >= 11 is 0. The fourth-order valence-electron chi connectivity index (χ4n) is 2.46. The van der Waals surface area contributed by atoms with Crippen LogP contribution in [0.25, 0.3) is 0 Å². The summed E-state index contributed by atoms with van der Waals surface area (Å²) in [6, 6.07) is 0.321. The van der Waals surface area contributed by atoms with Gasteiger partial charge in [0.05, 0.1) is 0 Å². The maximum absolute atomic E-state index is 11.7. The molecule has 0 aliphatic carbocycles. The highest BCUT2D eigenvalue weighted by atomic mass is 16.1. The SMILES string of the molecule is CCCCCCC(=O)NC(C)C1CCCNC1. The van der Waals surface area contributed by atoms with E-state index < -0.39 is 0 Å². The minimum Gasteiger partial charge on any atom is -0.353 e. The molecule has 0 saturated carbocycles. The molecule has 0 bridgehead atoms. The van der Waals surface area contributed by atoms with Gasteiger partial charge in [-0.3, -0.25) is 4.79 Å². The van der Waals surface area contributed by atoms with E-state index >= 15 is 0 Å². The second-order valence-electron chi connectivity index (χ2n) is 5.27. The number of amides is 1. The molecule has 3 nitrogen and oxygen atoms in total. The van der Waals surface area contributed by atoms with Gasteiger partial charge in [0, 0.05) is 12.5 Å². The van der Waals surface area contributed by atoms with Crippen molar-refractivity contribution in [3.63, 3.8) is 0 Å². The number of hydrogen-bond donors (Lipinski definition) is 2. The van der Waals surface area contributed by atoms with E-state index in [4.69, 9.17) is 0 Å². The van der Waals surface area contributed by atoms with Crippen molar-refractivity contribution in [1.29, 1.82) is 0 Å². The van der Waals surface area contributed by atoms with Crippen molar-refractivity contribution in [3.05, 3.63) is 0 Å². The number of carbonyl (C=O) groups excluding carboxylic acids is 1. The molecule has 1 saturated heterocycles. The molecule has 2 atom stereocenters. The van der Waals surface area contributed by atoms with E-state index in [1.54, 1.807) is 0 Å². The van der Waals surface area contributed by atoms with E-state index in [1.807, 2.05) is 0 Å². The van der Waals surface area contributed by atoms with Crippen molar-refractivity contribution in [2.24, 2.45) is 5.92 Å². The summed E-state index contributed by atoms with van der Waals surface area (Å²) in [5.74, 6) is 0.850. The second-order valence-corrected chi connectivity index (χ2v) is 5.27. The van der Waals surface area contributed by atoms with E-state index in [0.717, 1.165) is 19.5 Å². The third-order valence-electron chi connectivity index (χ3n) is 3.69. The lowest BCUT2D eigenvalue weighted by Crippen LogP contribution is -2.44. The first-order valence-electron chi connectivity index (χ1n) is 7.24. The van der Waals surface area contributed by atoms with Gasteiger partial charge in [0.2, 0.25) is 5.91 Å². The molecule has 0 aromatic rings. The van der Waals surface area contributed by atoms with Gasteiger partial charge in [-0.2, -0.15) is 0 Å². The molecule has 0 aromatic heterocycles. The van der Waals surface area contributed by atoms with E-state index in [0.29, 0.717) is 18.4 Å². The molecule has 1 heterocycles. The van der Waals surface area contributed by atoms with Crippen LogP contribution < -0.4 is 10.6 Å². The molecular weight excluding hydrogens is 212 g/mol. The molecule has 100 valence electrons. The largest absolute Gasteiger partial charge is 0.353 e. The molecule has 3 heteroatoms. The Bertz CT molecular complexity index is 212. The van der Waals surface area contributed by atoms with Crippen LogP contribution in [0.3, 0.4) is 0 Å². The summed E-state index contributed by atoms with van der Waals surface area (Å²) < 4.78 is 0. The Morgan fingerprint density at radius 2 is 2.24 bits per heavy atom. The van der Waals surface area contributed by atoms with Crippen molar-refractivity contribution >= 4 is 5.91 Å². The fourth-order valence-corrected chi connectivity index (χ4v) is 2.46. The molecule has 2 unspecified atom stereocenters. The highest BCUT2D eigenvalue weighted by Gasteiger charge is 2.20. The first-order valence-corrected chi connectivity index (χ1v) is 7.24. The molecule has 0 spiro atoms. The van der Waals surface area contributed by atoms with Gasteiger partial charge in [-0.15, -0.1) is 0 Å². The summed E-state index contributed by atoms with van der Waals surface area (Å²) in [7, 11) is 0. The van der Waals surface area contributed by atoms with Crippen molar-refractivity contribution in [3.8, 4) is 0 Å². The molecule has 1 fully saturated rings. The minimum absolute atomic E-state index is 0.235. The van der Waals surface area contributed by atoms with Gasteiger partial charge in [-0.05, 0) is 45.2 Å². The van der Waals surface area contributed by atoms with Crippen LogP contribution in [0, 0.1) is 5.92 Å². The zero-order valence-electron chi connectivity index (χ0n) is 11.4. The Kier molecular flexibility index (Phi) is 7.25. The lowest BCUT2D eigenvalue weighted by atomic mass is 9.92. The van der Waals surface area contributed by atoms with Gasteiger partial charge in [0.25, 0.3) is 0 Å². The highest BCUT2D eigenvalue weighted by molar-refractivity contribution is 5.76. The quantitative estimate of drug-likeness (QED) is 0.671. The van der Waals surface area contributed by atoms with Crippen LogP contribution in [-0.4, -0.2) is 25.0 Å². The number of rotatable bonds is 7. The van der Waals surface area contributed by atoms with Gasteiger partial charge < -0.3 is 10.6 Å². The molecule has 1 aliphatic rings. The van der Waals surface area contributed by atoms with Crippen LogP contribution >= 0.6 is 0 Å².